The van der Waals surface area contributed by atoms with Crippen molar-refractivity contribution < 1.29 is 14.6 Å². The fourth-order valence-electron chi connectivity index (χ4n) is 1.62. The minimum absolute atomic E-state index is 0.224. The van der Waals surface area contributed by atoms with Gasteiger partial charge in [0, 0.05) is 6.42 Å². The fourth-order valence-corrected chi connectivity index (χ4v) is 1.62. The lowest BCUT2D eigenvalue weighted by Crippen LogP contribution is -2.19. The van der Waals surface area contributed by atoms with Crippen molar-refractivity contribution in [2.75, 3.05) is 20.2 Å². The Hall–Kier alpha value is -1.55. The first-order chi connectivity index (χ1) is 8.24. The molecule has 1 rings (SSSR count). The molecule has 0 unspecified atom stereocenters. The van der Waals surface area contributed by atoms with Gasteiger partial charge in [-0.15, -0.1) is 0 Å². The molecule has 2 N–H and O–H groups in total. The van der Waals surface area contributed by atoms with Crippen molar-refractivity contribution in [1.29, 1.82) is 0 Å². The highest BCUT2D eigenvalue weighted by Crippen LogP contribution is 2.17. The van der Waals surface area contributed by atoms with Crippen LogP contribution in [-0.2, 0) is 11.2 Å². The quantitative estimate of drug-likeness (QED) is 0.675. The molecule has 4 heteroatoms. The van der Waals surface area contributed by atoms with Crippen LogP contribution in [0.15, 0.2) is 24.3 Å². The molecule has 0 atom stereocenters. The number of carboxylic acid groups (broad SMARTS) is 1. The first-order valence-corrected chi connectivity index (χ1v) is 5.78. The minimum Gasteiger partial charge on any atom is -0.496 e. The van der Waals surface area contributed by atoms with Gasteiger partial charge in [-0.1, -0.05) is 18.2 Å². The van der Waals surface area contributed by atoms with Crippen LogP contribution in [0.1, 0.15) is 18.4 Å². The van der Waals surface area contributed by atoms with Gasteiger partial charge >= 0.3 is 5.97 Å². The monoisotopic (exact) mass is 237 g/mol. The van der Waals surface area contributed by atoms with Crippen LogP contribution in [0.4, 0.5) is 0 Å². The van der Waals surface area contributed by atoms with E-state index in [-0.39, 0.29) is 6.42 Å². The zero-order valence-corrected chi connectivity index (χ0v) is 10.1. The molecule has 0 amide bonds. The zero-order chi connectivity index (χ0) is 12.5. The molecule has 0 aliphatic carbocycles. The van der Waals surface area contributed by atoms with Crippen molar-refractivity contribution in [2.24, 2.45) is 0 Å². The zero-order valence-electron chi connectivity index (χ0n) is 10.1. The Kier molecular flexibility index (Phi) is 6.10. The molecular weight excluding hydrogens is 218 g/mol. The molecule has 0 saturated carbocycles. The van der Waals surface area contributed by atoms with Crippen LogP contribution >= 0.6 is 0 Å². The number of benzene rings is 1. The summed E-state index contributed by atoms with van der Waals surface area (Å²) in [5, 5.41) is 11.7. The molecule has 4 nitrogen and oxygen atoms in total. The van der Waals surface area contributed by atoms with Gasteiger partial charge in [-0.2, -0.15) is 0 Å². The molecule has 0 heterocycles. The van der Waals surface area contributed by atoms with Crippen molar-refractivity contribution in [3.8, 4) is 5.75 Å². The van der Waals surface area contributed by atoms with Crippen molar-refractivity contribution in [3.05, 3.63) is 29.8 Å². The Labute approximate surface area is 102 Å². The number of ether oxygens (including phenoxy) is 1. The summed E-state index contributed by atoms with van der Waals surface area (Å²) in [4.78, 5) is 10.3. The predicted octanol–water partition coefficient (Wildman–Crippen LogP) is 1.69. The first kappa shape index (κ1) is 13.5. The summed E-state index contributed by atoms with van der Waals surface area (Å²) in [5.41, 5.74) is 1.17. The van der Waals surface area contributed by atoms with Gasteiger partial charge in [-0.3, -0.25) is 4.79 Å². The molecule has 0 aliphatic rings. The van der Waals surface area contributed by atoms with E-state index in [4.69, 9.17) is 9.84 Å². The van der Waals surface area contributed by atoms with Crippen LogP contribution in [0.3, 0.4) is 0 Å². The topological polar surface area (TPSA) is 58.6 Å². The number of nitrogens with one attached hydrogen (secondary N) is 1. The summed E-state index contributed by atoms with van der Waals surface area (Å²) in [5.74, 6) is 0.163. The maximum Gasteiger partial charge on any atom is 0.303 e. The van der Waals surface area contributed by atoms with Gasteiger partial charge in [0.2, 0.25) is 0 Å². The number of rotatable bonds is 8. The van der Waals surface area contributed by atoms with Crippen LogP contribution in [-0.4, -0.2) is 31.3 Å². The molecular formula is C13H19NO3. The highest BCUT2D eigenvalue weighted by atomic mass is 16.5. The van der Waals surface area contributed by atoms with E-state index in [1.807, 2.05) is 24.3 Å². The standard InChI is InChI=1S/C13H19NO3/c1-17-12-6-3-2-5-11(12)8-10-14-9-4-7-13(15)16/h2-3,5-6,14H,4,7-10H2,1H3,(H,15,16). The van der Waals surface area contributed by atoms with E-state index in [1.54, 1.807) is 7.11 Å². The number of hydrogen-bond acceptors (Lipinski definition) is 3. The molecule has 0 spiro atoms. The van der Waals surface area contributed by atoms with Crippen LogP contribution < -0.4 is 10.1 Å². The van der Waals surface area contributed by atoms with Gasteiger partial charge in [-0.05, 0) is 37.6 Å². The van der Waals surface area contributed by atoms with Gasteiger partial charge in [0.15, 0.2) is 0 Å². The lowest BCUT2D eigenvalue weighted by Gasteiger charge is -2.08. The van der Waals surface area contributed by atoms with E-state index in [9.17, 15) is 4.79 Å². The van der Waals surface area contributed by atoms with Gasteiger partial charge in [0.1, 0.15) is 5.75 Å². The smallest absolute Gasteiger partial charge is 0.303 e. The summed E-state index contributed by atoms with van der Waals surface area (Å²) in [7, 11) is 1.67. The third-order valence-corrected chi connectivity index (χ3v) is 2.51. The maximum atomic E-state index is 10.3. The summed E-state index contributed by atoms with van der Waals surface area (Å²) < 4.78 is 5.25. The number of carbonyl (C=O) groups is 1. The Morgan fingerprint density at radius 2 is 2.12 bits per heavy atom. The predicted molar refractivity (Wildman–Crippen MR) is 66.4 cm³/mol. The molecule has 17 heavy (non-hydrogen) atoms. The number of carboxylic acids is 1. The third-order valence-electron chi connectivity index (χ3n) is 2.51. The van der Waals surface area contributed by atoms with Crippen LogP contribution in [0, 0.1) is 0 Å². The van der Waals surface area contributed by atoms with Crippen molar-refractivity contribution >= 4 is 5.97 Å². The number of hydrogen-bond donors (Lipinski definition) is 2. The highest BCUT2D eigenvalue weighted by molar-refractivity contribution is 5.66. The lowest BCUT2D eigenvalue weighted by atomic mass is 10.1. The van der Waals surface area contributed by atoms with E-state index in [0.29, 0.717) is 6.42 Å². The number of aliphatic carboxylic acids is 1. The maximum absolute atomic E-state index is 10.3. The molecule has 1 aromatic rings. The molecule has 1 aromatic carbocycles. The van der Waals surface area contributed by atoms with E-state index in [1.165, 1.54) is 5.56 Å². The van der Waals surface area contributed by atoms with Crippen molar-refractivity contribution in [2.45, 2.75) is 19.3 Å². The van der Waals surface area contributed by atoms with Crippen LogP contribution in [0.5, 0.6) is 5.75 Å². The van der Waals surface area contributed by atoms with Crippen LogP contribution in [0.2, 0.25) is 0 Å². The second kappa shape index (κ2) is 7.68. The molecule has 0 aromatic heterocycles. The summed E-state index contributed by atoms with van der Waals surface area (Å²) in [6.07, 6.45) is 1.78. The molecule has 0 saturated heterocycles. The summed E-state index contributed by atoms with van der Waals surface area (Å²) in [6, 6.07) is 7.92. The Balaban J connectivity index is 2.19. The Morgan fingerprint density at radius 3 is 2.82 bits per heavy atom. The molecule has 0 aliphatic heterocycles. The normalized spacial score (nSPS) is 10.2. The third kappa shape index (κ3) is 5.36. The number of para-hydroxylation sites is 1. The average Bonchev–Trinajstić information content (AvgIpc) is 2.33. The van der Waals surface area contributed by atoms with E-state index in [2.05, 4.69) is 5.32 Å². The molecule has 0 bridgehead atoms. The van der Waals surface area contributed by atoms with Gasteiger partial charge in [-0.25, -0.2) is 0 Å². The average molecular weight is 237 g/mol. The van der Waals surface area contributed by atoms with Gasteiger partial charge < -0.3 is 15.2 Å². The summed E-state index contributed by atoms with van der Waals surface area (Å²) in [6.45, 7) is 1.57. The Bertz CT molecular complexity index is 352. The van der Waals surface area contributed by atoms with Crippen molar-refractivity contribution in [3.63, 3.8) is 0 Å². The van der Waals surface area contributed by atoms with Crippen molar-refractivity contribution in [1.82, 2.24) is 5.32 Å². The minimum atomic E-state index is -0.739. The lowest BCUT2D eigenvalue weighted by molar-refractivity contribution is -0.137. The van der Waals surface area contributed by atoms with Crippen LogP contribution in [0.25, 0.3) is 0 Å². The molecule has 0 fully saturated rings. The van der Waals surface area contributed by atoms with Gasteiger partial charge in [0.25, 0.3) is 0 Å². The number of methoxy groups -OCH3 is 1. The van der Waals surface area contributed by atoms with E-state index < -0.39 is 5.97 Å². The van der Waals surface area contributed by atoms with E-state index >= 15 is 0 Å². The highest BCUT2D eigenvalue weighted by Gasteiger charge is 2.01. The largest absolute Gasteiger partial charge is 0.496 e. The second-order valence-electron chi connectivity index (χ2n) is 3.81. The van der Waals surface area contributed by atoms with E-state index in [0.717, 1.165) is 25.3 Å². The SMILES string of the molecule is COc1ccccc1CCNCCCC(=O)O. The molecule has 94 valence electrons. The summed E-state index contributed by atoms with van der Waals surface area (Å²) >= 11 is 0. The molecule has 0 radical (unpaired) electrons. The van der Waals surface area contributed by atoms with Gasteiger partial charge in [0.05, 0.1) is 7.11 Å². The fraction of sp³-hybridized carbons (Fsp3) is 0.462. The second-order valence-corrected chi connectivity index (χ2v) is 3.81. The Morgan fingerprint density at radius 1 is 1.35 bits per heavy atom. The first-order valence-electron chi connectivity index (χ1n) is 5.78.